The molecular formula is C17H30O3. The summed E-state index contributed by atoms with van der Waals surface area (Å²) >= 11 is 0. The SMILES string of the molecule is C=CCOC(=O)C(CCCC)(OCC)C1CCCCC1. The van der Waals surface area contributed by atoms with Gasteiger partial charge in [0, 0.05) is 6.61 Å². The largest absolute Gasteiger partial charge is 0.459 e. The van der Waals surface area contributed by atoms with E-state index in [1.807, 2.05) is 6.92 Å². The molecule has 0 radical (unpaired) electrons. The highest BCUT2D eigenvalue weighted by atomic mass is 16.6. The summed E-state index contributed by atoms with van der Waals surface area (Å²) in [6.45, 7) is 8.55. The van der Waals surface area contributed by atoms with Crippen LogP contribution in [0.3, 0.4) is 0 Å². The van der Waals surface area contributed by atoms with Crippen LogP contribution in [0, 0.1) is 5.92 Å². The molecule has 20 heavy (non-hydrogen) atoms. The molecule has 1 aliphatic rings. The molecule has 0 aromatic rings. The van der Waals surface area contributed by atoms with Gasteiger partial charge in [-0.15, -0.1) is 0 Å². The molecule has 3 heteroatoms. The smallest absolute Gasteiger partial charge is 0.339 e. The summed E-state index contributed by atoms with van der Waals surface area (Å²) in [4.78, 5) is 12.6. The van der Waals surface area contributed by atoms with Crippen LogP contribution in [0.4, 0.5) is 0 Å². The lowest BCUT2D eigenvalue weighted by atomic mass is 9.74. The van der Waals surface area contributed by atoms with Gasteiger partial charge in [-0.1, -0.05) is 51.7 Å². The van der Waals surface area contributed by atoms with Crippen molar-refractivity contribution in [1.29, 1.82) is 0 Å². The zero-order valence-electron chi connectivity index (χ0n) is 13.2. The van der Waals surface area contributed by atoms with Crippen molar-refractivity contribution in [3.8, 4) is 0 Å². The molecule has 0 amide bonds. The molecule has 1 fully saturated rings. The second-order valence-corrected chi connectivity index (χ2v) is 5.65. The van der Waals surface area contributed by atoms with Gasteiger partial charge in [0.2, 0.25) is 0 Å². The Morgan fingerprint density at radius 3 is 2.55 bits per heavy atom. The highest BCUT2D eigenvalue weighted by molar-refractivity contribution is 5.80. The maximum absolute atomic E-state index is 12.6. The molecule has 116 valence electrons. The van der Waals surface area contributed by atoms with Crippen molar-refractivity contribution in [3.63, 3.8) is 0 Å². The zero-order chi connectivity index (χ0) is 14.8. The van der Waals surface area contributed by atoms with E-state index >= 15 is 0 Å². The van der Waals surface area contributed by atoms with Crippen LogP contribution in [0.2, 0.25) is 0 Å². The average Bonchev–Trinajstić information content (AvgIpc) is 2.50. The van der Waals surface area contributed by atoms with Crippen LogP contribution in [0.25, 0.3) is 0 Å². The molecule has 0 bridgehead atoms. The second-order valence-electron chi connectivity index (χ2n) is 5.65. The Kier molecular flexibility index (Phi) is 7.90. The maximum Gasteiger partial charge on any atom is 0.339 e. The van der Waals surface area contributed by atoms with Gasteiger partial charge >= 0.3 is 5.97 Å². The van der Waals surface area contributed by atoms with Gasteiger partial charge < -0.3 is 9.47 Å². The van der Waals surface area contributed by atoms with Gasteiger partial charge in [-0.2, -0.15) is 0 Å². The summed E-state index contributed by atoms with van der Waals surface area (Å²) in [6, 6.07) is 0. The summed E-state index contributed by atoms with van der Waals surface area (Å²) in [5.41, 5.74) is -0.728. The first kappa shape index (κ1) is 17.2. The predicted molar refractivity (Wildman–Crippen MR) is 81.6 cm³/mol. The van der Waals surface area contributed by atoms with Crippen LogP contribution >= 0.6 is 0 Å². The Bertz CT molecular complexity index is 295. The van der Waals surface area contributed by atoms with Crippen LogP contribution < -0.4 is 0 Å². The van der Waals surface area contributed by atoms with E-state index in [0.29, 0.717) is 12.5 Å². The van der Waals surface area contributed by atoms with Crippen LogP contribution in [0.15, 0.2) is 12.7 Å². The minimum atomic E-state index is -0.728. The fraction of sp³-hybridized carbons (Fsp3) is 0.824. The van der Waals surface area contributed by atoms with Gasteiger partial charge in [-0.25, -0.2) is 4.79 Å². The Morgan fingerprint density at radius 2 is 2.00 bits per heavy atom. The molecule has 0 aromatic heterocycles. The van der Waals surface area contributed by atoms with E-state index < -0.39 is 5.60 Å². The number of carbonyl (C=O) groups is 1. The summed E-state index contributed by atoms with van der Waals surface area (Å²) in [6.07, 6.45) is 10.3. The number of rotatable bonds is 9. The normalized spacial score (nSPS) is 19.3. The fourth-order valence-corrected chi connectivity index (χ4v) is 3.24. The molecule has 0 spiro atoms. The molecule has 1 saturated carbocycles. The monoisotopic (exact) mass is 282 g/mol. The van der Waals surface area contributed by atoms with Crippen molar-refractivity contribution in [2.75, 3.05) is 13.2 Å². The molecule has 0 N–H and O–H groups in total. The summed E-state index contributed by atoms with van der Waals surface area (Å²) in [5, 5.41) is 0. The third kappa shape index (κ3) is 4.34. The Hall–Kier alpha value is -0.830. The van der Waals surface area contributed by atoms with Crippen LogP contribution in [-0.2, 0) is 14.3 Å². The first-order chi connectivity index (χ1) is 9.71. The van der Waals surface area contributed by atoms with Gasteiger partial charge in [0.05, 0.1) is 0 Å². The predicted octanol–water partition coefficient (Wildman–Crippen LogP) is 4.26. The standard InChI is InChI=1S/C17H30O3/c1-4-7-13-17(20-6-3,16(18)19-14-5-2)15-11-9-8-10-12-15/h5,15H,2,4,6-14H2,1,3H3. The lowest BCUT2D eigenvalue weighted by Crippen LogP contribution is -2.50. The van der Waals surface area contributed by atoms with E-state index in [0.717, 1.165) is 32.1 Å². The van der Waals surface area contributed by atoms with E-state index in [1.165, 1.54) is 19.3 Å². The summed E-state index contributed by atoms with van der Waals surface area (Å²) in [5.74, 6) is 0.125. The van der Waals surface area contributed by atoms with Crippen molar-refractivity contribution in [2.24, 2.45) is 5.92 Å². The number of carbonyl (C=O) groups excluding carboxylic acids is 1. The number of ether oxygens (including phenoxy) is 2. The van der Waals surface area contributed by atoms with Crippen molar-refractivity contribution in [1.82, 2.24) is 0 Å². The summed E-state index contributed by atoms with van der Waals surface area (Å²) in [7, 11) is 0. The van der Waals surface area contributed by atoms with Crippen molar-refractivity contribution in [3.05, 3.63) is 12.7 Å². The molecule has 1 atom stereocenters. The Morgan fingerprint density at radius 1 is 1.30 bits per heavy atom. The lowest BCUT2D eigenvalue weighted by Gasteiger charge is -2.40. The molecule has 1 rings (SSSR count). The van der Waals surface area contributed by atoms with E-state index in [1.54, 1.807) is 6.08 Å². The van der Waals surface area contributed by atoms with Crippen LogP contribution in [-0.4, -0.2) is 24.8 Å². The van der Waals surface area contributed by atoms with Crippen molar-refractivity contribution >= 4 is 5.97 Å². The molecule has 1 aliphatic carbocycles. The van der Waals surface area contributed by atoms with E-state index in [-0.39, 0.29) is 12.6 Å². The van der Waals surface area contributed by atoms with E-state index in [4.69, 9.17) is 9.47 Å². The highest BCUT2D eigenvalue weighted by Gasteiger charge is 2.47. The molecule has 0 aromatic carbocycles. The van der Waals surface area contributed by atoms with Crippen LogP contribution in [0.5, 0.6) is 0 Å². The second kappa shape index (κ2) is 9.17. The quantitative estimate of drug-likeness (QED) is 0.468. The van der Waals surface area contributed by atoms with Crippen molar-refractivity contribution < 1.29 is 14.3 Å². The molecule has 3 nitrogen and oxygen atoms in total. The molecular weight excluding hydrogens is 252 g/mol. The molecule has 1 unspecified atom stereocenters. The van der Waals surface area contributed by atoms with Gasteiger partial charge in [0.1, 0.15) is 6.61 Å². The molecule has 0 heterocycles. The number of esters is 1. The Labute approximate surface area is 123 Å². The van der Waals surface area contributed by atoms with Gasteiger partial charge in [0.25, 0.3) is 0 Å². The minimum absolute atomic E-state index is 0.181. The third-order valence-corrected chi connectivity index (χ3v) is 4.25. The van der Waals surface area contributed by atoms with E-state index in [9.17, 15) is 4.79 Å². The van der Waals surface area contributed by atoms with Gasteiger partial charge in [0.15, 0.2) is 5.60 Å². The third-order valence-electron chi connectivity index (χ3n) is 4.25. The Balaban J connectivity index is 2.90. The van der Waals surface area contributed by atoms with Gasteiger partial charge in [-0.3, -0.25) is 0 Å². The highest BCUT2D eigenvalue weighted by Crippen LogP contribution is 2.39. The zero-order valence-corrected chi connectivity index (χ0v) is 13.2. The minimum Gasteiger partial charge on any atom is -0.459 e. The molecule has 0 aliphatic heterocycles. The lowest BCUT2D eigenvalue weighted by molar-refractivity contribution is -0.183. The van der Waals surface area contributed by atoms with Crippen LogP contribution in [0.1, 0.15) is 65.2 Å². The average molecular weight is 282 g/mol. The maximum atomic E-state index is 12.6. The summed E-state index contributed by atoms with van der Waals surface area (Å²) < 4.78 is 11.4. The van der Waals surface area contributed by atoms with Crippen molar-refractivity contribution in [2.45, 2.75) is 70.8 Å². The molecule has 0 saturated heterocycles. The first-order valence-electron chi connectivity index (χ1n) is 8.13. The van der Waals surface area contributed by atoms with Gasteiger partial charge in [-0.05, 0) is 32.1 Å². The number of hydrogen-bond acceptors (Lipinski definition) is 3. The first-order valence-corrected chi connectivity index (χ1v) is 8.13. The fourth-order valence-electron chi connectivity index (χ4n) is 3.24. The topological polar surface area (TPSA) is 35.5 Å². The number of hydrogen-bond donors (Lipinski definition) is 0. The van der Waals surface area contributed by atoms with E-state index in [2.05, 4.69) is 13.5 Å². The number of unbranched alkanes of at least 4 members (excludes halogenated alkanes) is 1.